The van der Waals surface area contributed by atoms with Crippen LogP contribution in [0, 0.1) is 0 Å². The van der Waals surface area contributed by atoms with Gasteiger partial charge in [0.1, 0.15) is 0 Å². The second-order valence-electron chi connectivity index (χ2n) is 4.99. The molecule has 0 aliphatic rings. The lowest BCUT2D eigenvalue weighted by Gasteiger charge is -2.20. The predicted molar refractivity (Wildman–Crippen MR) is 88.9 cm³/mol. The molecule has 112 valence electrons. The van der Waals surface area contributed by atoms with Gasteiger partial charge in [-0.3, -0.25) is 0 Å². The first kappa shape index (κ1) is 16.3. The van der Waals surface area contributed by atoms with E-state index in [1.165, 1.54) is 5.56 Å². The molecule has 0 amide bonds. The van der Waals surface area contributed by atoms with Gasteiger partial charge in [0.15, 0.2) is 0 Å². The summed E-state index contributed by atoms with van der Waals surface area (Å²) in [5.41, 5.74) is 2.03. The van der Waals surface area contributed by atoms with Crippen molar-refractivity contribution >= 4 is 23.2 Å². The van der Waals surface area contributed by atoms with Gasteiger partial charge in [-0.2, -0.15) is 0 Å². The van der Waals surface area contributed by atoms with Gasteiger partial charge in [-0.05, 0) is 41.8 Å². The fourth-order valence-corrected chi connectivity index (χ4v) is 2.50. The summed E-state index contributed by atoms with van der Waals surface area (Å²) < 4.78 is 0. The Morgan fingerprint density at radius 2 is 1.38 bits per heavy atom. The largest absolute Gasteiger partial charge is 0.387 e. The minimum absolute atomic E-state index is 0.198. The number of aliphatic hydroxyl groups is 1. The third-order valence-electron chi connectivity index (χ3n) is 3.49. The highest BCUT2D eigenvalue weighted by Gasteiger charge is 2.12. The summed E-state index contributed by atoms with van der Waals surface area (Å²) in [5, 5.41) is 15.0. The van der Waals surface area contributed by atoms with Crippen molar-refractivity contribution in [2.24, 2.45) is 0 Å². The Morgan fingerprint density at radius 1 is 0.905 bits per heavy atom. The Hall–Kier alpha value is -1.06. The molecule has 0 saturated heterocycles. The van der Waals surface area contributed by atoms with Gasteiger partial charge in [0.2, 0.25) is 0 Å². The van der Waals surface area contributed by atoms with Crippen LogP contribution in [-0.4, -0.2) is 11.7 Å². The second kappa shape index (κ2) is 7.81. The SMILES string of the molecule is CCC(NC[C@H](O)c1ccc(Cl)cc1)c1ccc(Cl)cc1. The lowest BCUT2D eigenvalue weighted by atomic mass is 10.0. The molecule has 0 aliphatic carbocycles. The third kappa shape index (κ3) is 4.72. The fourth-order valence-electron chi connectivity index (χ4n) is 2.25. The molecular formula is C17H19Cl2NO. The van der Waals surface area contributed by atoms with Crippen LogP contribution in [0.5, 0.6) is 0 Å². The molecule has 0 spiro atoms. The van der Waals surface area contributed by atoms with Crippen LogP contribution in [0.15, 0.2) is 48.5 Å². The van der Waals surface area contributed by atoms with Crippen LogP contribution in [0.1, 0.15) is 36.6 Å². The average molecular weight is 324 g/mol. The maximum absolute atomic E-state index is 10.2. The first-order valence-electron chi connectivity index (χ1n) is 7.02. The second-order valence-corrected chi connectivity index (χ2v) is 5.86. The van der Waals surface area contributed by atoms with Gasteiger partial charge >= 0.3 is 0 Å². The molecular weight excluding hydrogens is 305 g/mol. The van der Waals surface area contributed by atoms with Crippen molar-refractivity contribution in [2.75, 3.05) is 6.54 Å². The zero-order valence-corrected chi connectivity index (χ0v) is 13.4. The highest BCUT2D eigenvalue weighted by atomic mass is 35.5. The highest BCUT2D eigenvalue weighted by Crippen LogP contribution is 2.21. The van der Waals surface area contributed by atoms with E-state index in [0.29, 0.717) is 11.6 Å². The Morgan fingerprint density at radius 3 is 1.86 bits per heavy atom. The molecule has 2 rings (SSSR count). The molecule has 1 unspecified atom stereocenters. The van der Waals surface area contributed by atoms with E-state index < -0.39 is 6.10 Å². The van der Waals surface area contributed by atoms with Crippen molar-refractivity contribution < 1.29 is 5.11 Å². The van der Waals surface area contributed by atoms with E-state index in [4.69, 9.17) is 23.2 Å². The number of aliphatic hydroxyl groups excluding tert-OH is 1. The van der Waals surface area contributed by atoms with Crippen molar-refractivity contribution in [3.8, 4) is 0 Å². The van der Waals surface area contributed by atoms with E-state index in [2.05, 4.69) is 12.2 Å². The monoisotopic (exact) mass is 323 g/mol. The minimum atomic E-state index is -0.552. The van der Waals surface area contributed by atoms with Gasteiger partial charge in [-0.1, -0.05) is 54.4 Å². The standard InChI is InChI=1S/C17H19Cl2NO/c1-2-16(12-3-7-14(18)8-4-12)20-11-17(21)13-5-9-15(19)10-6-13/h3-10,16-17,20-21H,2,11H2,1H3/t16?,17-/m0/s1. The molecule has 2 N–H and O–H groups in total. The maximum Gasteiger partial charge on any atom is 0.0914 e. The Bertz CT molecular complexity index is 554. The van der Waals surface area contributed by atoms with Gasteiger partial charge in [0, 0.05) is 22.6 Å². The summed E-state index contributed by atoms with van der Waals surface area (Å²) >= 11 is 11.8. The molecule has 0 radical (unpaired) electrons. The van der Waals surface area contributed by atoms with Crippen LogP contribution in [0.4, 0.5) is 0 Å². The maximum atomic E-state index is 10.2. The lowest BCUT2D eigenvalue weighted by molar-refractivity contribution is 0.169. The number of rotatable bonds is 6. The quantitative estimate of drug-likeness (QED) is 0.802. The van der Waals surface area contributed by atoms with E-state index in [9.17, 15) is 5.11 Å². The highest BCUT2D eigenvalue weighted by molar-refractivity contribution is 6.30. The lowest BCUT2D eigenvalue weighted by Crippen LogP contribution is -2.26. The number of halogens is 2. The molecule has 0 aliphatic heterocycles. The molecule has 4 heteroatoms. The Labute approximate surface area is 135 Å². The van der Waals surface area contributed by atoms with Crippen molar-refractivity contribution in [1.82, 2.24) is 5.32 Å². The molecule has 0 heterocycles. The third-order valence-corrected chi connectivity index (χ3v) is 4.00. The smallest absolute Gasteiger partial charge is 0.0914 e. The van der Waals surface area contributed by atoms with E-state index >= 15 is 0 Å². The molecule has 2 nitrogen and oxygen atoms in total. The van der Waals surface area contributed by atoms with Crippen LogP contribution >= 0.6 is 23.2 Å². The Kier molecular flexibility index (Phi) is 6.07. The normalized spacial score (nSPS) is 13.9. The summed E-state index contributed by atoms with van der Waals surface area (Å²) in [7, 11) is 0. The van der Waals surface area contributed by atoms with E-state index in [1.807, 2.05) is 36.4 Å². The first-order chi connectivity index (χ1) is 10.1. The molecule has 0 fully saturated rings. The molecule has 0 bridgehead atoms. The summed E-state index contributed by atoms with van der Waals surface area (Å²) in [6, 6.07) is 15.3. The average Bonchev–Trinajstić information content (AvgIpc) is 2.50. The predicted octanol–water partition coefficient (Wildman–Crippen LogP) is 4.77. The van der Waals surface area contributed by atoms with Gasteiger partial charge in [-0.15, -0.1) is 0 Å². The summed E-state index contributed by atoms with van der Waals surface area (Å²) in [6.07, 6.45) is 0.387. The van der Waals surface area contributed by atoms with Crippen molar-refractivity contribution in [1.29, 1.82) is 0 Å². The molecule has 21 heavy (non-hydrogen) atoms. The van der Waals surface area contributed by atoms with Crippen molar-refractivity contribution in [3.05, 3.63) is 69.7 Å². The molecule has 0 aromatic heterocycles. The molecule has 0 saturated carbocycles. The van der Waals surface area contributed by atoms with Crippen LogP contribution < -0.4 is 5.32 Å². The van der Waals surface area contributed by atoms with E-state index in [-0.39, 0.29) is 6.04 Å². The number of benzene rings is 2. The van der Waals surface area contributed by atoms with Crippen LogP contribution in [-0.2, 0) is 0 Å². The summed E-state index contributed by atoms with van der Waals surface area (Å²) in [6.45, 7) is 2.60. The van der Waals surface area contributed by atoms with Gasteiger partial charge in [0.05, 0.1) is 6.10 Å². The van der Waals surface area contributed by atoms with Gasteiger partial charge < -0.3 is 10.4 Å². The van der Waals surface area contributed by atoms with E-state index in [1.54, 1.807) is 12.1 Å². The minimum Gasteiger partial charge on any atom is -0.387 e. The fraction of sp³-hybridized carbons (Fsp3) is 0.294. The topological polar surface area (TPSA) is 32.3 Å². The molecule has 2 aromatic rings. The van der Waals surface area contributed by atoms with Crippen LogP contribution in [0.3, 0.4) is 0 Å². The first-order valence-corrected chi connectivity index (χ1v) is 7.78. The number of nitrogens with one attached hydrogen (secondary N) is 1. The van der Waals surface area contributed by atoms with E-state index in [0.717, 1.165) is 17.0 Å². The number of hydrogen-bond acceptors (Lipinski definition) is 2. The Balaban J connectivity index is 1.96. The molecule has 2 atom stereocenters. The number of hydrogen-bond donors (Lipinski definition) is 2. The summed E-state index contributed by atoms with van der Waals surface area (Å²) in [4.78, 5) is 0. The van der Waals surface area contributed by atoms with Crippen LogP contribution in [0.25, 0.3) is 0 Å². The van der Waals surface area contributed by atoms with Gasteiger partial charge in [-0.25, -0.2) is 0 Å². The van der Waals surface area contributed by atoms with Crippen LogP contribution in [0.2, 0.25) is 10.0 Å². The summed E-state index contributed by atoms with van der Waals surface area (Å²) in [5.74, 6) is 0. The zero-order chi connectivity index (χ0) is 15.2. The zero-order valence-electron chi connectivity index (χ0n) is 11.9. The molecule has 2 aromatic carbocycles. The van der Waals surface area contributed by atoms with Crippen molar-refractivity contribution in [2.45, 2.75) is 25.5 Å². The van der Waals surface area contributed by atoms with Gasteiger partial charge in [0.25, 0.3) is 0 Å². The van der Waals surface area contributed by atoms with Crippen molar-refractivity contribution in [3.63, 3.8) is 0 Å².